The summed E-state index contributed by atoms with van der Waals surface area (Å²) in [7, 11) is 0. The Balaban J connectivity index is 2.33. The van der Waals surface area contributed by atoms with E-state index < -0.39 is 0 Å². The number of hydrogen-bond acceptors (Lipinski definition) is 2. The molecule has 0 amide bonds. The first kappa shape index (κ1) is 18.1. The molecule has 0 unspecified atom stereocenters. The molecule has 0 atom stereocenters. The van der Waals surface area contributed by atoms with Gasteiger partial charge in [-0.1, -0.05) is 34.9 Å². The molecule has 0 fully saturated rings. The molecule has 0 aliphatic heterocycles. The van der Waals surface area contributed by atoms with E-state index in [0.717, 1.165) is 18.5 Å². The van der Waals surface area contributed by atoms with Gasteiger partial charge in [0, 0.05) is 11.9 Å². The van der Waals surface area contributed by atoms with E-state index in [9.17, 15) is 0 Å². The largest absolute Gasteiger partial charge is 0.331 e. The third-order valence-corrected chi connectivity index (χ3v) is 3.19. The summed E-state index contributed by atoms with van der Waals surface area (Å²) in [5, 5.41) is 7.66. The second-order valence-corrected chi connectivity index (χ2v) is 5.95. The molecule has 0 bridgehead atoms. The van der Waals surface area contributed by atoms with Crippen LogP contribution < -0.4 is 10.7 Å². The van der Waals surface area contributed by atoms with Gasteiger partial charge in [0.05, 0.1) is 0 Å². The highest BCUT2D eigenvalue weighted by molar-refractivity contribution is 7.80. The number of thiocarbonyl (C=S) groups is 1. The summed E-state index contributed by atoms with van der Waals surface area (Å²) in [4.78, 5) is 0. The Kier molecular flexibility index (Phi) is 8.15. The zero-order valence-electron chi connectivity index (χ0n) is 13.8. The number of benzene rings is 1. The van der Waals surface area contributed by atoms with Crippen LogP contribution in [0.5, 0.6) is 0 Å². The lowest BCUT2D eigenvalue weighted by Crippen LogP contribution is -2.23. The molecular formula is C18H25N3S. The van der Waals surface area contributed by atoms with Gasteiger partial charge in [-0.3, -0.25) is 5.43 Å². The molecule has 4 heteroatoms. The maximum absolute atomic E-state index is 5.18. The number of hydrogen-bond donors (Lipinski definition) is 2. The molecule has 118 valence electrons. The van der Waals surface area contributed by atoms with Crippen molar-refractivity contribution in [2.75, 3.05) is 5.32 Å². The van der Waals surface area contributed by atoms with Crippen LogP contribution in [0.3, 0.4) is 0 Å². The van der Waals surface area contributed by atoms with Crippen molar-refractivity contribution >= 4 is 29.2 Å². The lowest BCUT2D eigenvalue weighted by atomic mass is 10.1. The molecule has 0 aliphatic carbocycles. The highest BCUT2D eigenvalue weighted by Gasteiger charge is 1.94. The average Bonchev–Trinajstić information content (AvgIpc) is 2.46. The minimum absolute atomic E-state index is 0.482. The van der Waals surface area contributed by atoms with Gasteiger partial charge < -0.3 is 5.32 Å². The highest BCUT2D eigenvalue weighted by atomic mass is 32.1. The van der Waals surface area contributed by atoms with Crippen molar-refractivity contribution < 1.29 is 0 Å². The molecule has 1 aromatic rings. The fraction of sp³-hybridized carbons (Fsp3) is 0.333. The molecule has 2 N–H and O–H groups in total. The summed E-state index contributed by atoms with van der Waals surface area (Å²) in [5.74, 6) is 0. The van der Waals surface area contributed by atoms with Crippen molar-refractivity contribution in [1.82, 2.24) is 5.43 Å². The second-order valence-electron chi connectivity index (χ2n) is 5.54. The lowest BCUT2D eigenvalue weighted by Gasteiger charge is -2.06. The predicted octanol–water partition coefficient (Wildman–Crippen LogP) is 4.96. The zero-order chi connectivity index (χ0) is 16.4. The third kappa shape index (κ3) is 8.37. The molecule has 0 aromatic heterocycles. The first-order chi connectivity index (χ1) is 10.5. The molecule has 0 spiro atoms. The van der Waals surface area contributed by atoms with Gasteiger partial charge in [-0.2, -0.15) is 5.10 Å². The number of rotatable bonds is 6. The summed E-state index contributed by atoms with van der Waals surface area (Å²) in [6.45, 7) is 8.39. The number of aryl methyl sites for hydroxylation is 1. The van der Waals surface area contributed by atoms with Crippen LogP contribution >= 0.6 is 12.2 Å². The predicted molar refractivity (Wildman–Crippen MR) is 101 cm³/mol. The summed E-state index contributed by atoms with van der Waals surface area (Å²) in [6.07, 6.45) is 8.09. The number of nitrogens with zero attached hydrogens (tertiary/aromatic N) is 1. The van der Waals surface area contributed by atoms with E-state index >= 15 is 0 Å². The molecule has 1 rings (SSSR count). The molecule has 22 heavy (non-hydrogen) atoms. The third-order valence-electron chi connectivity index (χ3n) is 3.00. The average molecular weight is 315 g/mol. The Labute approximate surface area is 139 Å². The molecule has 0 saturated carbocycles. The summed E-state index contributed by atoms with van der Waals surface area (Å²) >= 11 is 5.18. The minimum atomic E-state index is 0.482. The lowest BCUT2D eigenvalue weighted by molar-refractivity contribution is 0.968. The van der Waals surface area contributed by atoms with Crippen molar-refractivity contribution in [3.8, 4) is 0 Å². The summed E-state index contributed by atoms with van der Waals surface area (Å²) in [6, 6.07) is 8.04. The standard InChI is InChI=1S/C18H25N3S/c1-14(2)6-5-7-15(3)12-13-19-21-18(22)20-17-10-8-16(4)9-11-17/h6,8-13H,5,7H2,1-4H3,(H2,20,21,22)/b15-12+,19-13+. The maximum atomic E-state index is 5.18. The van der Waals surface area contributed by atoms with Gasteiger partial charge in [0.15, 0.2) is 5.11 Å². The van der Waals surface area contributed by atoms with Crippen LogP contribution in [-0.4, -0.2) is 11.3 Å². The van der Waals surface area contributed by atoms with Gasteiger partial charge >= 0.3 is 0 Å². The summed E-state index contributed by atoms with van der Waals surface area (Å²) in [5.41, 5.74) is 7.63. The zero-order valence-corrected chi connectivity index (χ0v) is 14.6. The highest BCUT2D eigenvalue weighted by Crippen LogP contribution is 2.08. The van der Waals surface area contributed by atoms with Crippen molar-refractivity contribution in [3.63, 3.8) is 0 Å². The molecule has 0 aliphatic rings. The SMILES string of the molecule is CC(C)=CCC/C(C)=C/C=N/NC(=S)Nc1ccc(C)cc1. The van der Waals surface area contributed by atoms with E-state index in [4.69, 9.17) is 12.2 Å². The molecule has 0 heterocycles. The fourth-order valence-electron chi connectivity index (χ4n) is 1.73. The van der Waals surface area contributed by atoms with Crippen LogP contribution in [0.4, 0.5) is 5.69 Å². The Bertz CT molecular complexity index is 564. The molecule has 1 aromatic carbocycles. The van der Waals surface area contributed by atoms with Gasteiger partial charge in [0.25, 0.3) is 0 Å². The van der Waals surface area contributed by atoms with Gasteiger partial charge in [0.2, 0.25) is 0 Å². The van der Waals surface area contributed by atoms with E-state index in [0.29, 0.717) is 5.11 Å². The van der Waals surface area contributed by atoms with Crippen molar-refractivity contribution in [2.24, 2.45) is 5.10 Å². The molecule has 3 nitrogen and oxygen atoms in total. The first-order valence-corrected chi connectivity index (χ1v) is 7.84. The van der Waals surface area contributed by atoms with Crippen molar-refractivity contribution in [2.45, 2.75) is 40.5 Å². The van der Waals surface area contributed by atoms with Crippen LogP contribution in [0.25, 0.3) is 0 Å². The Morgan fingerprint density at radius 2 is 1.86 bits per heavy atom. The monoisotopic (exact) mass is 315 g/mol. The van der Waals surface area contributed by atoms with E-state index in [2.05, 4.69) is 49.6 Å². The van der Waals surface area contributed by atoms with Crippen LogP contribution in [0.2, 0.25) is 0 Å². The van der Waals surface area contributed by atoms with Gasteiger partial charge in [-0.25, -0.2) is 0 Å². The smallest absolute Gasteiger partial charge is 0.191 e. The van der Waals surface area contributed by atoms with Crippen molar-refractivity contribution in [1.29, 1.82) is 0 Å². The molecular weight excluding hydrogens is 290 g/mol. The first-order valence-electron chi connectivity index (χ1n) is 7.43. The summed E-state index contributed by atoms with van der Waals surface area (Å²) < 4.78 is 0. The van der Waals surface area contributed by atoms with Gasteiger partial charge in [0.1, 0.15) is 0 Å². The van der Waals surface area contributed by atoms with Gasteiger partial charge in [-0.15, -0.1) is 0 Å². The fourth-order valence-corrected chi connectivity index (χ4v) is 1.90. The molecule has 0 radical (unpaired) electrons. The maximum Gasteiger partial charge on any atom is 0.191 e. The number of nitrogens with one attached hydrogen (secondary N) is 2. The van der Waals surface area contributed by atoms with E-state index in [1.54, 1.807) is 6.21 Å². The quantitative estimate of drug-likeness (QED) is 0.337. The van der Waals surface area contributed by atoms with Crippen LogP contribution in [0.1, 0.15) is 39.2 Å². The van der Waals surface area contributed by atoms with Gasteiger partial charge in [-0.05, 0) is 71.0 Å². The number of allylic oxidation sites excluding steroid dienone is 4. The second kappa shape index (κ2) is 9.90. The molecule has 0 saturated heterocycles. The van der Waals surface area contributed by atoms with Crippen LogP contribution in [0, 0.1) is 6.92 Å². The van der Waals surface area contributed by atoms with E-state index in [1.807, 2.05) is 30.3 Å². The number of hydrazone groups is 1. The van der Waals surface area contributed by atoms with Crippen LogP contribution in [-0.2, 0) is 0 Å². The number of anilines is 1. The minimum Gasteiger partial charge on any atom is -0.331 e. The normalized spacial score (nSPS) is 11.4. The Morgan fingerprint density at radius 1 is 1.18 bits per heavy atom. The van der Waals surface area contributed by atoms with E-state index in [-0.39, 0.29) is 0 Å². The van der Waals surface area contributed by atoms with E-state index in [1.165, 1.54) is 16.7 Å². The Morgan fingerprint density at radius 3 is 2.50 bits per heavy atom. The Hall–Kier alpha value is -1.94. The van der Waals surface area contributed by atoms with Crippen molar-refractivity contribution in [3.05, 3.63) is 53.1 Å². The van der Waals surface area contributed by atoms with Crippen LogP contribution in [0.15, 0.2) is 52.7 Å². The topological polar surface area (TPSA) is 36.4 Å².